The van der Waals surface area contributed by atoms with Crippen LogP contribution < -0.4 is 4.72 Å². The number of rotatable bonds is 1. The van der Waals surface area contributed by atoms with E-state index in [1.807, 2.05) is 0 Å². The van der Waals surface area contributed by atoms with Gasteiger partial charge in [-0.1, -0.05) is 17.7 Å². The molecule has 0 saturated carbocycles. The van der Waals surface area contributed by atoms with Gasteiger partial charge in [-0.3, -0.25) is 4.72 Å². The van der Waals surface area contributed by atoms with Gasteiger partial charge < -0.3 is 9.84 Å². The summed E-state index contributed by atoms with van der Waals surface area (Å²) in [6.45, 7) is 0. The number of fused-ring (bicyclic) bond motifs is 1. The number of nitrogens with one attached hydrogen (secondary N) is 1. The van der Waals surface area contributed by atoms with Gasteiger partial charge in [0.25, 0.3) is 10.0 Å². The largest absolute Gasteiger partial charge is 0.505 e. The molecule has 0 unspecified atom stereocenters. The van der Waals surface area contributed by atoms with Crippen molar-refractivity contribution < 1.29 is 23.1 Å². The van der Waals surface area contributed by atoms with Crippen LogP contribution >= 0.6 is 11.6 Å². The molecule has 0 atom stereocenters. The van der Waals surface area contributed by atoms with Gasteiger partial charge in [-0.25, -0.2) is 13.2 Å². The second kappa shape index (κ2) is 4.18. The third kappa shape index (κ3) is 1.81. The molecule has 1 aromatic rings. The Bertz CT molecular complexity index is 665. The smallest absolute Gasteiger partial charge is 0.355 e. The van der Waals surface area contributed by atoms with Gasteiger partial charge >= 0.3 is 5.97 Å². The molecular weight excluding hydrogens is 282 g/mol. The Kier molecular flexibility index (Phi) is 2.95. The maximum Gasteiger partial charge on any atom is 0.355 e. The van der Waals surface area contributed by atoms with Crippen LogP contribution in [-0.2, 0) is 19.6 Å². The molecule has 2 rings (SSSR count). The van der Waals surface area contributed by atoms with Gasteiger partial charge in [-0.05, 0) is 12.1 Å². The van der Waals surface area contributed by atoms with Crippen LogP contribution in [0.5, 0.6) is 0 Å². The topological polar surface area (TPSA) is 92.7 Å². The van der Waals surface area contributed by atoms with Crippen molar-refractivity contribution in [3.8, 4) is 0 Å². The highest BCUT2D eigenvalue weighted by molar-refractivity contribution is 7.97. The van der Waals surface area contributed by atoms with Crippen LogP contribution in [-0.4, -0.2) is 26.6 Å². The van der Waals surface area contributed by atoms with Gasteiger partial charge in [0.2, 0.25) is 4.91 Å². The van der Waals surface area contributed by atoms with E-state index in [1.165, 1.54) is 18.2 Å². The lowest BCUT2D eigenvalue weighted by Crippen LogP contribution is -2.27. The van der Waals surface area contributed by atoms with E-state index >= 15 is 0 Å². The summed E-state index contributed by atoms with van der Waals surface area (Å²) in [5, 5.41) is 10.0. The van der Waals surface area contributed by atoms with Crippen molar-refractivity contribution in [3.63, 3.8) is 0 Å². The zero-order valence-electron chi connectivity index (χ0n) is 9.10. The number of carbonyl (C=O) groups excluding carboxylic acids is 1. The number of hydrogen-bond acceptors (Lipinski definition) is 5. The fourth-order valence-corrected chi connectivity index (χ4v) is 3.07. The van der Waals surface area contributed by atoms with E-state index in [9.17, 15) is 18.3 Å². The number of ether oxygens (including phenoxy) is 1. The second-order valence-corrected chi connectivity index (χ2v) is 5.46. The van der Waals surface area contributed by atoms with Crippen LogP contribution in [0.4, 0.5) is 5.69 Å². The number of esters is 1. The summed E-state index contributed by atoms with van der Waals surface area (Å²) in [6, 6.07) is 4.40. The maximum absolute atomic E-state index is 11.8. The molecule has 1 aliphatic heterocycles. The fraction of sp³-hybridized carbons (Fsp3) is 0.100. The molecule has 0 spiro atoms. The first kappa shape index (κ1) is 12.7. The van der Waals surface area contributed by atoms with E-state index in [-0.39, 0.29) is 16.3 Å². The van der Waals surface area contributed by atoms with Crippen molar-refractivity contribution in [1.29, 1.82) is 0 Å². The van der Waals surface area contributed by atoms with E-state index in [0.717, 1.165) is 7.11 Å². The van der Waals surface area contributed by atoms with Gasteiger partial charge in [0.1, 0.15) is 0 Å². The number of aliphatic hydroxyl groups excluding tert-OH is 1. The summed E-state index contributed by atoms with van der Waals surface area (Å²) in [7, 11) is -3.15. The van der Waals surface area contributed by atoms with Crippen molar-refractivity contribution in [2.24, 2.45) is 0 Å². The van der Waals surface area contributed by atoms with Gasteiger partial charge in [0.05, 0.1) is 23.4 Å². The van der Waals surface area contributed by atoms with E-state index in [2.05, 4.69) is 9.46 Å². The Morgan fingerprint density at radius 1 is 1.44 bits per heavy atom. The fourth-order valence-electron chi connectivity index (χ4n) is 1.59. The lowest BCUT2D eigenvalue weighted by Gasteiger charge is -2.20. The molecule has 8 heteroatoms. The number of halogens is 1. The highest BCUT2D eigenvalue weighted by atomic mass is 35.5. The summed E-state index contributed by atoms with van der Waals surface area (Å²) in [5.41, 5.74) is 0.155. The van der Waals surface area contributed by atoms with Gasteiger partial charge in [-0.15, -0.1) is 0 Å². The van der Waals surface area contributed by atoms with E-state index in [0.29, 0.717) is 0 Å². The molecule has 18 heavy (non-hydrogen) atoms. The highest BCUT2D eigenvalue weighted by Crippen LogP contribution is 2.38. The monoisotopic (exact) mass is 289 g/mol. The van der Waals surface area contributed by atoms with E-state index in [1.54, 1.807) is 0 Å². The van der Waals surface area contributed by atoms with Crippen molar-refractivity contribution in [2.75, 3.05) is 11.8 Å². The Balaban J connectivity index is 2.81. The van der Waals surface area contributed by atoms with Crippen molar-refractivity contribution in [3.05, 3.63) is 33.7 Å². The number of sulfonamides is 1. The molecule has 1 aliphatic rings. The molecule has 96 valence electrons. The highest BCUT2D eigenvalue weighted by Gasteiger charge is 2.37. The number of anilines is 1. The third-order valence-corrected chi connectivity index (χ3v) is 4.05. The number of aliphatic hydroxyl groups is 1. The summed E-state index contributed by atoms with van der Waals surface area (Å²) in [6.07, 6.45) is 0. The van der Waals surface area contributed by atoms with Crippen LogP contribution in [0.3, 0.4) is 0 Å². The van der Waals surface area contributed by atoms with Crippen molar-refractivity contribution >= 4 is 39.0 Å². The third-order valence-electron chi connectivity index (χ3n) is 2.35. The maximum atomic E-state index is 11.8. The lowest BCUT2D eigenvalue weighted by atomic mass is 10.1. The summed E-state index contributed by atoms with van der Waals surface area (Å²) in [4.78, 5) is 10.6. The molecule has 1 aromatic carbocycles. The Morgan fingerprint density at radius 3 is 2.72 bits per heavy atom. The Morgan fingerprint density at radius 2 is 2.11 bits per heavy atom. The summed E-state index contributed by atoms with van der Waals surface area (Å²) < 4.78 is 30.1. The molecule has 0 aromatic heterocycles. The molecule has 1 heterocycles. The first-order valence-electron chi connectivity index (χ1n) is 4.71. The molecule has 0 saturated heterocycles. The standard InChI is InChI=1S/C10H8ClNO5S/c1-17-10(14)9-8(13)7-5(11)3-2-4-6(7)12-18(9,15)16/h2-4,12-13H,1H3. The van der Waals surface area contributed by atoms with Crippen molar-refractivity contribution in [2.45, 2.75) is 0 Å². The zero-order valence-corrected chi connectivity index (χ0v) is 10.7. The Hall–Kier alpha value is -1.73. The molecule has 0 aliphatic carbocycles. The normalized spacial score (nSPS) is 16.8. The summed E-state index contributed by atoms with van der Waals surface area (Å²) >= 11 is 5.86. The van der Waals surface area contributed by atoms with Gasteiger partial charge in [-0.2, -0.15) is 0 Å². The minimum atomic E-state index is -4.17. The average molecular weight is 290 g/mol. The van der Waals surface area contributed by atoms with Crippen LogP contribution in [0, 0.1) is 0 Å². The van der Waals surface area contributed by atoms with Crippen LogP contribution in [0.1, 0.15) is 5.56 Å². The average Bonchev–Trinajstić information content (AvgIpc) is 2.26. The van der Waals surface area contributed by atoms with Gasteiger partial charge in [0.15, 0.2) is 5.76 Å². The zero-order chi connectivity index (χ0) is 13.5. The van der Waals surface area contributed by atoms with E-state index in [4.69, 9.17) is 11.6 Å². The molecule has 0 amide bonds. The molecule has 2 N–H and O–H groups in total. The van der Waals surface area contributed by atoms with Crippen molar-refractivity contribution in [1.82, 2.24) is 0 Å². The second-order valence-electron chi connectivity index (χ2n) is 3.44. The van der Waals surface area contributed by atoms with Crippen LogP contribution in [0.25, 0.3) is 5.76 Å². The van der Waals surface area contributed by atoms with E-state index < -0.39 is 26.7 Å². The molecule has 0 radical (unpaired) electrons. The first-order valence-corrected chi connectivity index (χ1v) is 6.58. The Labute approximate surface area is 108 Å². The van der Waals surface area contributed by atoms with Crippen LogP contribution in [0.15, 0.2) is 23.1 Å². The number of methoxy groups -OCH3 is 1. The minimum Gasteiger partial charge on any atom is -0.505 e. The first-order chi connectivity index (χ1) is 8.38. The number of hydrogen-bond donors (Lipinski definition) is 2. The molecule has 6 nitrogen and oxygen atoms in total. The molecular formula is C10H8ClNO5S. The quantitative estimate of drug-likeness (QED) is 0.764. The molecule has 0 fully saturated rings. The summed E-state index contributed by atoms with van der Waals surface area (Å²) in [5.74, 6) is -1.88. The minimum absolute atomic E-state index is 0.0504. The lowest BCUT2D eigenvalue weighted by molar-refractivity contribution is -0.135. The van der Waals surface area contributed by atoms with Crippen LogP contribution in [0.2, 0.25) is 5.02 Å². The predicted octanol–water partition coefficient (Wildman–Crippen LogP) is 1.49. The van der Waals surface area contributed by atoms with Gasteiger partial charge in [0, 0.05) is 0 Å². The molecule has 0 bridgehead atoms. The SMILES string of the molecule is COC(=O)C1=C(O)c2c(Cl)cccc2NS1(=O)=O. The number of carbonyl (C=O) groups is 1. The predicted molar refractivity (Wildman–Crippen MR) is 65.6 cm³/mol. The number of benzene rings is 1.